The van der Waals surface area contributed by atoms with Crippen molar-refractivity contribution in [3.63, 3.8) is 0 Å². The predicted octanol–water partition coefficient (Wildman–Crippen LogP) is 2.99. The summed E-state index contributed by atoms with van der Waals surface area (Å²) < 4.78 is 34.5. The molecule has 2 amide bonds. The number of halogens is 1. The molecule has 9 heteroatoms. The fourth-order valence-corrected chi connectivity index (χ4v) is 3.10. The third-order valence-electron chi connectivity index (χ3n) is 3.06. The van der Waals surface area contributed by atoms with Crippen LogP contribution in [0.5, 0.6) is 0 Å². The van der Waals surface area contributed by atoms with Gasteiger partial charge in [0.05, 0.1) is 4.90 Å². The highest BCUT2D eigenvalue weighted by molar-refractivity contribution is 7.91. The highest BCUT2D eigenvalue weighted by Gasteiger charge is 2.26. The molecule has 0 aliphatic carbocycles. The Balaban J connectivity index is 3.08. The summed E-state index contributed by atoms with van der Waals surface area (Å²) in [4.78, 5) is 24.3. The molecule has 1 rings (SSSR count). The number of rotatable bonds is 5. The zero-order chi connectivity index (χ0) is 20.1. The minimum atomic E-state index is -3.64. The van der Waals surface area contributed by atoms with Crippen molar-refractivity contribution in [1.29, 1.82) is 0 Å². The lowest BCUT2D eigenvalue weighted by atomic mass is 10.0. The number of nitrogens with two attached hydrogens (primary N) is 1. The van der Waals surface area contributed by atoms with Crippen molar-refractivity contribution in [1.82, 2.24) is 5.32 Å². The van der Waals surface area contributed by atoms with Gasteiger partial charge in [0.15, 0.2) is 0 Å². The molecular formula is C17H26FN3O4S. The number of ether oxygens (including phenoxy) is 1. The van der Waals surface area contributed by atoms with Crippen LogP contribution in [0.3, 0.4) is 0 Å². The molecule has 0 spiro atoms. The van der Waals surface area contributed by atoms with Crippen LogP contribution < -0.4 is 10.5 Å². The van der Waals surface area contributed by atoms with Crippen LogP contribution in [-0.4, -0.2) is 27.9 Å². The Hall–Kier alpha value is -2.00. The van der Waals surface area contributed by atoms with Crippen LogP contribution in [0.4, 0.5) is 9.18 Å². The van der Waals surface area contributed by atoms with Crippen molar-refractivity contribution in [2.24, 2.45) is 15.4 Å². The van der Waals surface area contributed by atoms with E-state index in [1.807, 2.05) is 13.8 Å². The maximum Gasteiger partial charge on any atom is 0.408 e. The molecule has 3 N–H and O–H groups in total. The van der Waals surface area contributed by atoms with E-state index in [1.54, 1.807) is 20.8 Å². The molecule has 0 heterocycles. The quantitative estimate of drug-likeness (QED) is 0.809. The van der Waals surface area contributed by atoms with Crippen LogP contribution in [0.15, 0.2) is 33.5 Å². The second-order valence-electron chi connectivity index (χ2n) is 7.28. The van der Waals surface area contributed by atoms with E-state index in [0.29, 0.717) is 0 Å². The third-order valence-corrected chi connectivity index (χ3v) is 4.44. The summed E-state index contributed by atoms with van der Waals surface area (Å²) in [5.74, 6) is -1.47. The van der Waals surface area contributed by atoms with Gasteiger partial charge < -0.3 is 10.1 Å². The first-order chi connectivity index (χ1) is 11.8. The molecular weight excluding hydrogens is 361 g/mol. The molecule has 0 saturated heterocycles. The average Bonchev–Trinajstić information content (AvgIpc) is 2.43. The van der Waals surface area contributed by atoms with Gasteiger partial charge in [-0.2, -0.15) is 0 Å². The van der Waals surface area contributed by atoms with Crippen LogP contribution in [0.2, 0.25) is 0 Å². The monoisotopic (exact) mass is 387 g/mol. The number of hydrogen-bond donors (Lipinski definition) is 2. The maximum atomic E-state index is 13.3. The first kappa shape index (κ1) is 22.0. The van der Waals surface area contributed by atoms with E-state index in [1.165, 1.54) is 12.1 Å². The standard InChI is InChI=1S/C17H26FN3O4S/c1-11(2)9-14(20-16(23)25-17(3,4)5)15(22)21-26(19,24)13-8-6-7-12(18)10-13/h6-8,10-11,14H,9H2,1-5H3,(H,20,23)(H2,19,21,22,24)/t14-,26?/m0/s1. The molecule has 1 unspecified atom stereocenters. The van der Waals surface area contributed by atoms with E-state index in [0.717, 1.165) is 12.1 Å². The van der Waals surface area contributed by atoms with Crippen molar-refractivity contribution in [2.45, 2.75) is 57.6 Å². The van der Waals surface area contributed by atoms with Gasteiger partial charge in [-0.1, -0.05) is 19.9 Å². The molecule has 146 valence electrons. The number of hydrogen-bond acceptors (Lipinski definition) is 4. The van der Waals surface area contributed by atoms with E-state index < -0.39 is 39.4 Å². The summed E-state index contributed by atoms with van der Waals surface area (Å²) in [6.07, 6.45) is -0.541. The van der Waals surface area contributed by atoms with Gasteiger partial charge in [0.1, 0.15) is 27.4 Å². The molecule has 0 radical (unpaired) electrons. The number of nitrogens with one attached hydrogen (secondary N) is 1. The molecule has 0 saturated carbocycles. The van der Waals surface area contributed by atoms with Crippen molar-refractivity contribution in [3.05, 3.63) is 30.1 Å². The normalized spacial score (nSPS) is 15.1. The molecule has 7 nitrogen and oxygen atoms in total. The van der Waals surface area contributed by atoms with Crippen LogP contribution in [0, 0.1) is 11.7 Å². The molecule has 0 aliphatic rings. The van der Waals surface area contributed by atoms with Crippen molar-refractivity contribution < 1.29 is 22.9 Å². The van der Waals surface area contributed by atoms with Gasteiger partial charge in [0, 0.05) is 0 Å². The average molecular weight is 387 g/mol. The second kappa shape index (κ2) is 8.59. The van der Waals surface area contributed by atoms with Crippen LogP contribution >= 0.6 is 0 Å². The highest BCUT2D eigenvalue weighted by atomic mass is 32.2. The number of nitrogens with zero attached hydrogens (tertiary/aromatic N) is 1. The van der Waals surface area contributed by atoms with E-state index in [9.17, 15) is 18.2 Å². The Morgan fingerprint density at radius 3 is 2.46 bits per heavy atom. The second-order valence-corrected chi connectivity index (χ2v) is 9.08. The minimum Gasteiger partial charge on any atom is -0.444 e. The van der Waals surface area contributed by atoms with Crippen molar-refractivity contribution in [2.75, 3.05) is 0 Å². The fraction of sp³-hybridized carbons (Fsp3) is 0.529. The minimum absolute atomic E-state index is 0.0390. The number of alkyl carbamates (subject to hydrolysis) is 1. The molecule has 1 aromatic carbocycles. The number of carbonyl (C=O) groups excluding carboxylic acids is 2. The lowest BCUT2D eigenvalue weighted by Crippen LogP contribution is -2.44. The van der Waals surface area contributed by atoms with Crippen molar-refractivity contribution >= 4 is 21.9 Å². The van der Waals surface area contributed by atoms with E-state index in [2.05, 4.69) is 9.68 Å². The van der Waals surface area contributed by atoms with Crippen LogP contribution in [0.1, 0.15) is 41.0 Å². The fourth-order valence-electron chi connectivity index (χ4n) is 2.04. The molecule has 0 fully saturated rings. The Labute approximate surface area is 153 Å². The van der Waals surface area contributed by atoms with Gasteiger partial charge in [-0.25, -0.2) is 18.5 Å². The van der Waals surface area contributed by atoms with Gasteiger partial charge in [-0.15, -0.1) is 4.36 Å². The highest BCUT2D eigenvalue weighted by Crippen LogP contribution is 2.14. The summed E-state index contributed by atoms with van der Waals surface area (Å²) in [5, 5.41) is 8.07. The Kier molecular flexibility index (Phi) is 7.28. The first-order valence-corrected chi connectivity index (χ1v) is 9.72. The number of carbonyl (C=O) groups is 2. The Bertz CT molecular complexity index is 780. The largest absolute Gasteiger partial charge is 0.444 e. The zero-order valence-electron chi connectivity index (χ0n) is 15.6. The first-order valence-electron chi connectivity index (χ1n) is 8.14. The van der Waals surface area contributed by atoms with Gasteiger partial charge in [0.25, 0.3) is 5.91 Å². The van der Waals surface area contributed by atoms with E-state index in [-0.39, 0.29) is 17.2 Å². The van der Waals surface area contributed by atoms with Gasteiger partial charge >= 0.3 is 6.09 Å². The summed E-state index contributed by atoms with van der Waals surface area (Å²) in [6, 6.07) is 3.70. The van der Waals surface area contributed by atoms with Gasteiger partial charge in [0.2, 0.25) is 0 Å². The third kappa shape index (κ3) is 7.49. The summed E-state index contributed by atoms with van der Waals surface area (Å²) in [7, 11) is -3.64. The molecule has 26 heavy (non-hydrogen) atoms. The number of amides is 2. The van der Waals surface area contributed by atoms with Gasteiger partial charge in [-0.05, 0) is 51.3 Å². The summed E-state index contributed by atoms with van der Waals surface area (Å²) in [6.45, 7) is 8.76. The van der Waals surface area contributed by atoms with Crippen LogP contribution in [0.25, 0.3) is 0 Å². The lowest BCUT2D eigenvalue weighted by Gasteiger charge is -2.23. The molecule has 0 aromatic heterocycles. The molecule has 1 aromatic rings. The Morgan fingerprint density at radius 2 is 1.96 bits per heavy atom. The van der Waals surface area contributed by atoms with Crippen molar-refractivity contribution in [3.8, 4) is 0 Å². The topological polar surface area (TPSA) is 111 Å². The zero-order valence-corrected chi connectivity index (χ0v) is 16.4. The van der Waals surface area contributed by atoms with Crippen LogP contribution in [-0.2, 0) is 19.4 Å². The lowest BCUT2D eigenvalue weighted by molar-refractivity contribution is -0.120. The molecule has 0 aliphatic heterocycles. The molecule has 0 bridgehead atoms. The molecule has 2 atom stereocenters. The summed E-state index contributed by atoms with van der Waals surface area (Å²) >= 11 is 0. The number of benzene rings is 1. The maximum absolute atomic E-state index is 13.3. The van der Waals surface area contributed by atoms with E-state index in [4.69, 9.17) is 9.88 Å². The van der Waals surface area contributed by atoms with Gasteiger partial charge in [-0.3, -0.25) is 4.79 Å². The SMILES string of the molecule is CC(C)C[C@H](NC(=O)OC(C)(C)C)C(=O)N=S(N)(=O)c1cccc(F)c1. The smallest absolute Gasteiger partial charge is 0.408 e. The van der Waals surface area contributed by atoms with E-state index >= 15 is 0 Å². The Morgan fingerprint density at radius 1 is 1.35 bits per heavy atom. The summed E-state index contributed by atoms with van der Waals surface area (Å²) in [5.41, 5.74) is -0.740. The predicted molar refractivity (Wildman–Crippen MR) is 97.0 cm³/mol.